The molecule has 1 saturated heterocycles. The Hall–Kier alpha value is -2.19. The number of allylic oxidation sites excluding steroid dienone is 1. The Bertz CT molecular complexity index is 747. The molecule has 0 bridgehead atoms. The number of ether oxygens (including phenoxy) is 1. The minimum Gasteiger partial charge on any atom is -0.452 e. The van der Waals surface area contributed by atoms with Crippen LogP contribution in [0.25, 0.3) is 0 Å². The van der Waals surface area contributed by atoms with E-state index in [-0.39, 0.29) is 43.6 Å². The molecule has 7 nitrogen and oxygen atoms in total. The van der Waals surface area contributed by atoms with E-state index in [1.54, 1.807) is 44.2 Å². The first kappa shape index (κ1) is 19.1. The Labute approximate surface area is 147 Å². The first-order chi connectivity index (χ1) is 11.8. The van der Waals surface area contributed by atoms with Crippen LogP contribution in [0.4, 0.5) is 0 Å². The van der Waals surface area contributed by atoms with Crippen molar-refractivity contribution >= 4 is 21.9 Å². The van der Waals surface area contributed by atoms with Crippen molar-refractivity contribution in [3.05, 3.63) is 42.0 Å². The van der Waals surface area contributed by atoms with Gasteiger partial charge in [-0.3, -0.25) is 4.79 Å². The first-order valence-electron chi connectivity index (χ1n) is 7.95. The van der Waals surface area contributed by atoms with E-state index in [4.69, 9.17) is 4.74 Å². The smallest absolute Gasteiger partial charge is 0.331 e. The van der Waals surface area contributed by atoms with Crippen molar-refractivity contribution in [3.63, 3.8) is 0 Å². The number of rotatable bonds is 5. The van der Waals surface area contributed by atoms with Crippen LogP contribution in [0, 0.1) is 0 Å². The molecular weight excluding hydrogens is 344 g/mol. The van der Waals surface area contributed by atoms with Crippen molar-refractivity contribution in [2.24, 2.45) is 0 Å². The van der Waals surface area contributed by atoms with Crippen LogP contribution in [-0.2, 0) is 24.3 Å². The topological polar surface area (TPSA) is 84.0 Å². The molecular formula is C17H22N2O5S. The van der Waals surface area contributed by atoms with Crippen LogP contribution < -0.4 is 0 Å². The molecule has 2 rings (SSSR count). The van der Waals surface area contributed by atoms with Crippen LogP contribution in [0.15, 0.2) is 46.9 Å². The summed E-state index contributed by atoms with van der Waals surface area (Å²) in [6, 6.07) is 8.21. The molecule has 0 aliphatic carbocycles. The minimum absolute atomic E-state index is 0.213. The third-order valence-corrected chi connectivity index (χ3v) is 5.63. The zero-order valence-corrected chi connectivity index (χ0v) is 15.2. The summed E-state index contributed by atoms with van der Waals surface area (Å²) in [5.74, 6) is -0.883. The van der Waals surface area contributed by atoms with Gasteiger partial charge in [0.05, 0.1) is 4.90 Å². The Morgan fingerprint density at radius 3 is 2.24 bits per heavy atom. The van der Waals surface area contributed by atoms with E-state index in [1.165, 1.54) is 15.3 Å². The van der Waals surface area contributed by atoms with E-state index in [9.17, 15) is 18.0 Å². The van der Waals surface area contributed by atoms with Gasteiger partial charge < -0.3 is 9.64 Å². The number of amides is 1. The molecule has 1 amide bonds. The van der Waals surface area contributed by atoms with Crippen LogP contribution in [0.1, 0.15) is 13.8 Å². The predicted octanol–water partition coefficient (Wildman–Crippen LogP) is 1.03. The lowest BCUT2D eigenvalue weighted by Crippen LogP contribution is -2.51. The number of nitrogens with zero attached hydrogens (tertiary/aromatic N) is 2. The lowest BCUT2D eigenvalue weighted by Gasteiger charge is -2.33. The number of carbonyl (C=O) groups is 2. The van der Waals surface area contributed by atoms with E-state index < -0.39 is 16.0 Å². The van der Waals surface area contributed by atoms with Gasteiger partial charge in [0, 0.05) is 32.3 Å². The van der Waals surface area contributed by atoms with Crippen LogP contribution >= 0.6 is 0 Å². The lowest BCUT2D eigenvalue weighted by atomic mass is 10.3. The number of benzene rings is 1. The first-order valence-corrected chi connectivity index (χ1v) is 9.39. The molecule has 8 heteroatoms. The second kappa shape index (κ2) is 8.26. The zero-order chi connectivity index (χ0) is 18.4. The van der Waals surface area contributed by atoms with Crippen molar-refractivity contribution in [1.29, 1.82) is 0 Å². The number of carbonyl (C=O) groups excluding carboxylic acids is 2. The van der Waals surface area contributed by atoms with Gasteiger partial charge in [-0.25, -0.2) is 13.2 Å². The van der Waals surface area contributed by atoms with E-state index in [2.05, 4.69) is 0 Å². The summed E-state index contributed by atoms with van der Waals surface area (Å²) in [4.78, 5) is 25.2. The largest absolute Gasteiger partial charge is 0.452 e. The maximum Gasteiger partial charge on any atom is 0.331 e. The quantitative estimate of drug-likeness (QED) is 0.574. The van der Waals surface area contributed by atoms with E-state index in [1.807, 2.05) is 0 Å². The molecule has 0 aromatic heterocycles. The van der Waals surface area contributed by atoms with Crippen molar-refractivity contribution in [2.75, 3.05) is 32.8 Å². The SMILES string of the molecule is CC(C)=CC(=O)OCC(=O)N1CCN(S(=O)(=O)c2ccccc2)CC1. The Morgan fingerprint density at radius 2 is 1.68 bits per heavy atom. The molecule has 1 aliphatic heterocycles. The van der Waals surface area contributed by atoms with Gasteiger partial charge in [-0.05, 0) is 26.0 Å². The van der Waals surface area contributed by atoms with Gasteiger partial charge in [-0.15, -0.1) is 0 Å². The number of sulfonamides is 1. The number of piperazine rings is 1. The molecule has 0 unspecified atom stereocenters. The zero-order valence-electron chi connectivity index (χ0n) is 14.3. The van der Waals surface area contributed by atoms with E-state index in [0.29, 0.717) is 0 Å². The van der Waals surface area contributed by atoms with Gasteiger partial charge >= 0.3 is 5.97 Å². The molecule has 0 spiro atoms. The highest BCUT2D eigenvalue weighted by molar-refractivity contribution is 7.89. The fraction of sp³-hybridized carbons (Fsp3) is 0.412. The summed E-state index contributed by atoms with van der Waals surface area (Å²) in [5, 5.41) is 0. The van der Waals surface area contributed by atoms with Crippen LogP contribution in [0.5, 0.6) is 0 Å². The Morgan fingerprint density at radius 1 is 1.08 bits per heavy atom. The van der Waals surface area contributed by atoms with Crippen molar-refractivity contribution in [1.82, 2.24) is 9.21 Å². The monoisotopic (exact) mass is 366 g/mol. The summed E-state index contributed by atoms with van der Waals surface area (Å²) < 4.78 is 31.3. The van der Waals surface area contributed by atoms with Crippen LogP contribution in [-0.4, -0.2) is 62.3 Å². The Balaban J connectivity index is 1.88. The van der Waals surface area contributed by atoms with Gasteiger partial charge in [-0.1, -0.05) is 23.8 Å². The molecule has 1 aromatic rings. The fourth-order valence-corrected chi connectivity index (χ4v) is 3.86. The normalized spacial score (nSPS) is 15.5. The molecule has 1 aliphatic rings. The van der Waals surface area contributed by atoms with Gasteiger partial charge in [0.2, 0.25) is 10.0 Å². The van der Waals surface area contributed by atoms with Crippen LogP contribution in [0.2, 0.25) is 0 Å². The van der Waals surface area contributed by atoms with Gasteiger partial charge in [0.25, 0.3) is 5.91 Å². The summed E-state index contributed by atoms with van der Waals surface area (Å²) in [5.41, 5.74) is 0.789. The third-order valence-electron chi connectivity index (χ3n) is 3.72. The van der Waals surface area contributed by atoms with E-state index >= 15 is 0 Å². The molecule has 0 atom stereocenters. The summed E-state index contributed by atoms with van der Waals surface area (Å²) in [6.45, 7) is 4.14. The molecule has 25 heavy (non-hydrogen) atoms. The highest BCUT2D eigenvalue weighted by Crippen LogP contribution is 2.17. The summed E-state index contributed by atoms with van der Waals surface area (Å²) in [7, 11) is -3.55. The Kier molecular flexibility index (Phi) is 6.33. The highest BCUT2D eigenvalue weighted by Gasteiger charge is 2.30. The average Bonchev–Trinajstić information content (AvgIpc) is 2.60. The minimum atomic E-state index is -3.55. The number of hydrogen-bond donors (Lipinski definition) is 0. The maximum atomic E-state index is 12.5. The maximum absolute atomic E-state index is 12.5. The molecule has 0 radical (unpaired) electrons. The van der Waals surface area contributed by atoms with E-state index in [0.717, 1.165) is 5.57 Å². The second-order valence-electron chi connectivity index (χ2n) is 5.93. The van der Waals surface area contributed by atoms with Crippen molar-refractivity contribution in [3.8, 4) is 0 Å². The molecule has 136 valence electrons. The van der Waals surface area contributed by atoms with Gasteiger partial charge in [-0.2, -0.15) is 4.31 Å². The number of esters is 1. The van der Waals surface area contributed by atoms with Crippen molar-refractivity contribution < 1.29 is 22.7 Å². The molecule has 1 aromatic carbocycles. The molecule has 1 heterocycles. The average molecular weight is 366 g/mol. The van der Waals surface area contributed by atoms with Crippen molar-refractivity contribution in [2.45, 2.75) is 18.7 Å². The standard InChI is InChI=1S/C17H22N2O5S/c1-14(2)12-17(21)24-13-16(20)18-8-10-19(11-9-18)25(22,23)15-6-4-3-5-7-15/h3-7,12H,8-11,13H2,1-2H3. The van der Waals surface area contributed by atoms with Crippen LogP contribution in [0.3, 0.4) is 0 Å². The molecule has 0 saturated carbocycles. The fourth-order valence-electron chi connectivity index (χ4n) is 2.42. The van der Waals surface area contributed by atoms with Gasteiger partial charge in [0.1, 0.15) is 0 Å². The highest BCUT2D eigenvalue weighted by atomic mass is 32.2. The number of hydrogen-bond acceptors (Lipinski definition) is 5. The predicted molar refractivity (Wildman–Crippen MR) is 92.2 cm³/mol. The second-order valence-corrected chi connectivity index (χ2v) is 7.87. The molecule has 1 fully saturated rings. The lowest BCUT2D eigenvalue weighted by molar-refractivity contribution is -0.148. The third kappa shape index (κ3) is 5.14. The summed E-state index contributed by atoms with van der Waals surface area (Å²) >= 11 is 0. The molecule has 0 N–H and O–H groups in total. The summed E-state index contributed by atoms with van der Waals surface area (Å²) in [6.07, 6.45) is 1.32. The van der Waals surface area contributed by atoms with Gasteiger partial charge in [0.15, 0.2) is 6.61 Å².